The van der Waals surface area contributed by atoms with Gasteiger partial charge in [-0.2, -0.15) is 13.2 Å². The zero-order valence-corrected chi connectivity index (χ0v) is 19.5. The van der Waals surface area contributed by atoms with E-state index in [4.69, 9.17) is 5.73 Å². The van der Waals surface area contributed by atoms with Crippen LogP contribution in [0.3, 0.4) is 0 Å². The Morgan fingerprint density at radius 2 is 2.00 bits per heavy atom. The average Bonchev–Trinajstić information content (AvgIpc) is 2.75. The zero-order valence-electron chi connectivity index (χ0n) is 19.5. The van der Waals surface area contributed by atoms with Crippen LogP contribution in [0.4, 0.5) is 13.2 Å². The predicted molar refractivity (Wildman–Crippen MR) is 124 cm³/mol. The van der Waals surface area contributed by atoms with E-state index in [0.29, 0.717) is 13.0 Å². The first-order chi connectivity index (χ1) is 15.5. The number of hydrogen-bond donors (Lipinski definition) is 3. The minimum Gasteiger partial charge on any atom is -0.354 e. The van der Waals surface area contributed by atoms with E-state index in [9.17, 15) is 18.0 Å². The molecule has 1 aliphatic heterocycles. The zero-order chi connectivity index (χ0) is 24.3. The Morgan fingerprint density at radius 1 is 1.27 bits per heavy atom. The summed E-state index contributed by atoms with van der Waals surface area (Å²) in [5, 5.41) is 6.92. The van der Waals surface area contributed by atoms with Crippen LogP contribution < -0.4 is 16.4 Å². The fourth-order valence-electron chi connectivity index (χ4n) is 4.26. The number of aliphatic imine (C=N–C) groups is 1. The summed E-state index contributed by atoms with van der Waals surface area (Å²) in [5.74, 6) is -1.57. The standard InChI is InChI=1S/C24H32F3N5O/c1-13-7-8-29-22(24(25,26)27)19(13)12-31-23(33)21(28)16(4)30-11-17-5-6-20-18(10-17)14(2)9-15(3)32-20/h5-6,9-10,13,16,19,21,30H,7-8,11-12,28H2,1-4H3,(H,31,33). The molecule has 0 radical (unpaired) electrons. The van der Waals surface area contributed by atoms with Gasteiger partial charge in [0.2, 0.25) is 5.91 Å². The normalized spacial score (nSPS) is 20.9. The van der Waals surface area contributed by atoms with Crippen molar-refractivity contribution in [1.29, 1.82) is 0 Å². The summed E-state index contributed by atoms with van der Waals surface area (Å²) in [7, 11) is 0. The lowest BCUT2D eigenvalue weighted by molar-refractivity contribution is -0.123. The topological polar surface area (TPSA) is 92.4 Å². The largest absolute Gasteiger partial charge is 0.429 e. The molecular formula is C24H32F3N5O. The number of carbonyl (C=O) groups excluding carboxylic acids is 1. The van der Waals surface area contributed by atoms with Crippen molar-refractivity contribution in [2.45, 2.75) is 58.9 Å². The Balaban J connectivity index is 1.57. The number of nitrogens with two attached hydrogens (primary N) is 1. The van der Waals surface area contributed by atoms with E-state index in [-0.39, 0.29) is 25.0 Å². The van der Waals surface area contributed by atoms with E-state index in [2.05, 4.69) is 26.7 Å². The van der Waals surface area contributed by atoms with Gasteiger partial charge in [0.15, 0.2) is 0 Å². The number of nitrogens with one attached hydrogen (secondary N) is 2. The van der Waals surface area contributed by atoms with Gasteiger partial charge in [-0.1, -0.05) is 13.0 Å². The lowest BCUT2D eigenvalue weighted by Crippen LogP contribution is -2.54. The quantitative estimate of drug-likeness (QED) is 0.587. The van der Waals surface area contributed by atoms with Crippen LogP contribution in [0.5, 0.6) is 0 Å². The van der Waals surface area contributed by atoms with Crippen molar-refractivity contribution in [3.8, 4) is 0 Å². The van der Waals surface area contributed by atoms with Crippen LogP contribution in [0, 0.1) is 25.7 Å². The number of nitrogens with zero attached hydrogens (tertiary/aromatic N) is 2. The molecule has 2 aromatic rings. The van der Waals surface area contributed by atoms with Gasteiger partial charge in [-0.05, 0) is 62.4 Å². The number of hydrogen-bond acceptors (Lipinski definition) is 5. The van der Waals surface area contributed by atoms with E-state index in [1.54, 1.807) is 13.8 Å². The molecule has 0 bridgehead atoms. The minimum absolute atomic E-state index is 0.130. The summed E-state index contributed by atoms with van der Waals surface area (Å²) in [6, 6.07) is 6.76. The summed E-state index contributed by atoms with van der Waals surface area (Å²) < 4.78 is 39.9. The van der Waals surface area contributed by atoms with Crippen molar-refractivity contribution in [3.05, 3.63) is 41.1 Å². The third-order valence-electron chi connectivity index (χ3n) is 6.37. The van der Waals surface area contributed by atoms with Gasteiger partial charge < -0.3 is 16.4 Å². The highest BCUT2D eigenvalue weighted by molar-refractivity contribution is 5.93. The second-order valence-corrected chi connectivity index (χ2v) is 9.01. The maximum absolute atomic E-state index is 13.3. The molecule has 4 atom stereocenters. The number of aromatic nitrogens is 1. The van der Waals surface area contributed by atoms with Crippen LogP contribution in [0.1, 0.15) is 37.1 Å². The molecule has 4 unspecified atom stereocenters. The number of aryl methyl sites for hydroxylation is 2. The molecule has 4 N–H and O–H groups in total. The highest BCUT2D eigenvalue weighted by Gasteiger charge is 2.44. The van der Waals surface area contributed by atoms with Crippen LogP contribution in [0.25, 0.3) is 10.9 Å². The SMILES string of the molecule is Cc1cc(C)c2cc(CNC(C)C(N)C(=O)NCC3C(C(F)(F)F)=NCCC3C)ccc2n1. The number of benzene rings is 1. The first-order valence-corrected chi connectivity index (χ1v) is 11.2. The maximum Gasteiger partial charge on any atom is 0.429 e. The molecule has 1 amide bonds. The van der Waals surface area contributed by atoms with Crippen LogP contribution in [-0.2, 0) is 11.3 Å². The predicted octanol–water partition coefficient (Wildman–Crippen LogP) is 3.43. The Morgan fingerprint density at radius 3 is 2.70 bits per heavy atom. The molecule has 2 heterocycles. The number of halogens is 3. The summed E-state index contributed by atoms with van der Waals surface area (Å²) >= 11 is 0. The van der Waals surface area contributed by atoms with Crippen molar-refractivity contribution in [1.82, 2.24) is 15.6 Å². The number of amides is 1. The molecule has 33 heavy (non-hydrogen) atoms. The van der Waals surface area contributed by atoms with Crippen LogP contribution >= 0.6 is 0 Å². The molecule has 3 rings (SSSR count). The third-order valence-corrected chi connectivity index (χ3v) is 6.37. The number of carbonyl (C=O) groups is 1. The van der Waals surface area contributed by atoms with Gasteiger partial charge in [-0.25, -0.2) is 0 Å². The minimum atomic E-state index is -4.49. The van der Waals surface area contributed by atoms with Gasteiger partial charge in [-0.15, -0.1) is 0 Å². The molecule has 0 fully saturated rings. The van der Waals surface area contributed by atoms with Crippen LogP contribution in [-0.4, -0.2) is 48.0 Å². The van der Waals surface area contributed by atoms with Crippen molar-refractivity contribution in [3.63, 3.8) is 0 Å². The molecule has 0 saturated heterocycles. The number of rotatable bonds is 7. The Bertz CT molecular complexity index is 1040. The molecule has 0 aliphatic carbocycles. The maximum atomic E-state index is 13.3. The number of fused-ring (bicyclic) bond motifs is 1. The summed E-state index contributed by atoms with van der Waals surface area (Å²) in [5.41, 5.74) is 9.36. The Hall–Kier alpha value is -2.52. The Kier molecular flexibility index (Phi) is 7.74. The van der Waals surface area contributed by atoms with E-state index in [0.717, 1.165) is 27.7 Å². The molecule has 1 aromatic carbocycles. The lowest BCUT2D eigenvalue weighted by atomic mass is 9.84. The van der Waals surface area contributed by atoms with Gasteiger partial charge in [0, 0.05) is 42.7 Å². The third kappa shape index (κ3) is 6.09. The smallest absolute Gasteiger partial charge is 0.354 e. The van der Waals surface area contributed by atoms with Crippen LogP contribution in [0.2, 0.25) is 0 Å². The molecule has 1 aromatic heterocycles. The fraction of sp³-hybridized carbons (Fsp3) is 0.542. The van der Waals surface area contributed by atoms with Crippen LogP contribution in [0.15, 0.2) is 29.3 Å². The molecular weight excluding hydrogens is 431 g/mol. The van der Waals surface area contributed by atoms with Gasteiger partial charge >= 0.3 is 6.18 Å². The molecule has 0 spiro atoms. The second kappa shape index (κ2) is 10.2. The second-order valence-electron chi connectivity index (χ2n) is 9.01. The van der Waals surface area contributed by atoms with E-state index >= 15 is 0 Å². The Labute approximate surface area is 192 Å². The lowest BCUT2D eigenvalue weighted by Gasteiger charge is -2.31. The van der Waals surface area contributed by atoms with Crippen molar-refractivity contribution in [2.24, 2.45) is 22.6 Å². The van der Waals surface area contributed by atoms with Crippen molar-refractivity contribution >= 4 is 22.5 Å². The summed E-state index contributed by atoms with van der Waals surface area (Å²) in [4.78, 5) is 20.8. The van der Waals surface area contributed by atoms with Gasteiger partial charge in [-0.3, -0.25) is 14.8 Å². The molecule has 9 heteroatoms. The number of alkyl halides is 3. The highest BCUT2D eigenvalue weighted by atomic mass is 19.4. The first-order valence-electron chi connectivity index (χ1n) is 11.2. The molecule has 0 saturated carbocycles. The monoisotopic (exact) mass is 463 g/mol. The number of pyridine rings is 1. The molecule has 180 valence electrons. The van der Waals surface area contributed by atoms with E-state index < -0.39 is 29.8 Å². The van der Waals surface area contributed by atoms with Gasteiger partial charge in [0.25, 0.3) is 0 Å². The van der Waals surface area contributed by atoms with Crippen molar-refractivity contribution < 1.29 is 18.0 Å². The van der Waals surface area contributed by atoms with Gasteiger partial charge in [0.1, 0.15) is 5.71 Å². The van der Waals surface area contributed by atoms with Gasteiger partial charge in [0.05, 0.1) is 11.6 Å². The van der Waals surface area contributed by atoms with E-state index in [1.807, 2.05) is 32.0 Å². The first kappa shape index (κ1) is 25.1. The highest BCUT2D eigenvalue weighted by Crippen LogP contribution is 2.31. The summed E-state index contributed by atoms with van der Waals surface area (Å²) in [6.45, 7) is 8.06. The van der Waals surface area contributed by atoms with E-state index in [1.165, 1.54) is 0 Å². The van der Waals surface area contributed by atoms with Crippen molar-refractivity contribution in [2.75, 3.05) is 13.1 Å². The average molecular weight is 464 g/mol. The fourth-order valence-corrected chi connectivity index (χ4v) is 4.26. The molecule has 1 aliphatic rings. The summed E-state index contributed by atoms with van der Waals surface area (Å²) in [6.07, 6.45) is -3.93. The molecule has 6 nitrogen and oxygen atoms in total.